The summed E-state index contributed by atoms with van der Waals surface area (Å²) in [6.45, 7) is 1.90. The van der Waals surface area contributed by atoms with E-state index in [2.05, 4.69) is 20.1 Å². The molecule has 8 nitrogen and oxygen atoms in total. The van der Waals surface area contributed by atoms with Crippen molar-refractivity contribution in [2.24, 2.45) is 11.1 Å². The summed E-state index contributed by atoms with van der Waals surface area (Å²) in [5.74, 6) is 1.29. The zero-order valence-corrected chi connectivity index (χ0v) is 17.5. The monoisotopic (exact) mass is 430 g/mol. The predicted molar refractivity (Wildman–Crippen MR) is 114 cm³/mol. The first-order chi connectivity index (χ1) is 14.1. The number of pyridine rings is 1. The Balaban J connectivity index is 1.42. The van der Waals surface area contributed by atoms with Gasteiger partial charge in [-0.3, -0.25) is 0 Å². The van der Waals surface area contributed by atoms with Gasteiger partial charge in [0, 0.05) is 36.4 Å². The molecule has 152 valence electrons. The molecule has 4 N–H and O–H groups in total. The van der Waals surface area contributed by atoms with E-state index in [1.165, 1.54) is 24.6 Å². The van der Waals surface area contributed by atoms with Crippen molar-refractivity contribution in [1.29, 1.82) is 0 Å². The van der Waals surface area contributed by atoms with Crippen molar-refractivity contribution in [1.82, 2.24) is 24.6 Å². The molecule has 3 aromatic heterocycles. The van der Waals surface area contributed by atoms with E-state index in [4.69, 9.17) is 28.1 Å². The van der Waals surface area contributed by atoms with E-state index in [-0.39, 0.29) is 0 Å². The van der Waals surface area contributed by atoms with Crippen molar-refractivity contribution in [3.8, 4) is 0 Å². The molecule has 4 heterocycles. The van der Waals surface area contributed by atoms with Crippen molar-refractivity contribution >= 4 is 40.8 Å². The van der Waals surface area contributed by atoms with Crippen molar-refractivity contribution in [3.05, 3.63) is 29.8 Å². The fourth-order valence-corrected chi connectivity index (χ4v) is 5.78. The van der Waals surface area contributed by atoms with Gasteiger partial charge in [0.05, 0.1) is 9.92 Å². The lowest BCUT2D eigenvalue weighted by Gasteiger charge is -2.42. The first-order valence-electron chi connectivity index (χ1n) is 9.84. The Hall–Kier alpha value is -2.10. The number of fused-ring (bicyclic) bond motifs is 1. The molecule has 0 unspecified atom stereocenters. The zero-order chi connectivity index (χ0) is 20.0. The number of aromatic nitrogens is 5. The van der Waals surface area contributed by atoms with Crippen molar-refractivity contribution in [3.63, 3.8) is 0 Å². The maximum atomic E-state index is 6.43. The number of nitrogen functional groups attached to an aromatic ring is 1. The number of hydrogen-bond donors (Lipinski definition) is 2. The molecule has 29 heavy (non-hydrogen) atoms. The second kappa shape index (κ2) is 7.30. The van der Waals surface area contributed by atoms with Gasteiger partial charge in [0.1, 0.15) is 12.1 Å². The Morgan fingerprint density at radius 2 is 1.97 bits per heavy atom. The second-order valence-corrected chi connectivity index (χ2v) is 9.43. The standard InChI is InChI=1S/C19H23ClN8S/c20-12-9-23-16(22)8-13(12)29-14-10-24-18(28-11-25-26-17(14)28)27-6-4-19(5-7-27)3-1-2-15(19)21/h8-11,15H,1-7,21H2,(H2,22,23)/t15-/m1/s1. The molecule has 0 amide bonds. The first kappa shape index (κ1) is 18.9. The highest BCUT2D eigenvalue weighted by atomic mass is 35.5. The van der Waals surface area contributed by atoms with Gasteiger partial charge in [-0.15, -0.1) is 10.2 Å². The van der Waals surface area contributed by atoms with Crippen LogP contribution >= 0.6 is 23.4 Å². The van der Waals surface area contributed by atoms with Crippen LogP contribution in [0.25, 0.3) is 5.65 Å². The lowest BCUT2D eigenvalue weighted by atomic mass is 9.74. The minimum atomic E-state index is 0.316. The third kappa shape index (κ3) is 3.31. The molecule has 5 rings (SSSR count). The lowest BCUT2D eigenvalue weighted by molar-refractivity contribution is 0.197. The molecule has 3 aromatic rings. The number of rotatable bonds is 3. The van der Waals surface area contributed by atoms with Gasteiger partial charge in [0.25, 0.3) is 0 Å². The number of hydrogen-bond acceptors (Lipinski definition) is 8. The highest BCUT2D eigenvalue weighted by Gasteiger charge is 2.43. The molecule has 2 aliphatic rings. The summed E-state index contributed by atoms with van der Waals surface area (Å²) in [4.78, 5) is 12.8. The van der Waals surface area contributed by atoms with Gasteiger partial charge in [0.15, 0.2) is 5.65 Å². The molecule has 1 saturated heterocycles. The van der Waals surface area contributed by atoms with Crippen LogP contribution in [0.5, 0.6) is 0 Å². The van der Waals surface area contributed by atoms with E-state index in [1.54, 1.807) is 18.6 Å². The van der Waals surface area contributed by atoms with Crippen LogP contribution in [0.3, 0.4) is 0 Å². The molecule has 1 spiro atoms. The highest BCUT2D eigenvalue weighted by Crippen LogP contribution is 2.46. The summed E-state index contributed by atoms with van der Waals surface area (Å²) in [5, 5.41) is 8.99. The minimum absolute atomic E-state index is 0.316. The summed E-state index contributed by atoms with van der Waals surface area (Å²) in [6.07, 6.45) is 11.0. The van der Waals surface area contributed by atoms with Crippen LogP contribution in [0.1, 0.15) is 32.1 Å². The number of nitrogens with two attached hydrogens (primary N) is 2. The Bertz CT molecular complexity index is 1050. The second-order valence-electron chi connectivity index (χ2n) is 7.94. The van der Waals surface area contributed by atoms with Gasteiger partial charge in [-0.25, -0.2) is 14.4 Å². The minimum Gasteiger partial charge on any atom is -0.384 e. The third-order valence-corrected chi connectivity index (χ3v) is 7.84. The van der Waals surface area contributed by atoms with Crippen molar-refractivity contribution < 1.29 is 0 Å². The van der Waals surface area contributed by atoms with E-state index >= 15 is 0 Å². The average molecular weight is 431 g/mol. The molecule has 1 atom stereocenters. The maximum absolute atomic E-state index is 6.43. The van der Waals surface area contributed by atoms with Crippen LogP contribution in [0.2, 0.25) is 5.02 Å². The number of piperidine rings is 1. The summed E-state index contributed by atoms with van der Waals surface area (Å²) in [6, 6.07) is 2.09. The highest BCUT2D eigenvalue weighted by molar-refractivity contribution is 7.99. The zero-order valence-electron chi connectivity index (χ0n) is 16.0. The van der Waals surface area contributed by atoms with Crippen LogP contribution in [0.4, 0.5) is 11.8 Å². The van der Waals surface area contributed by atoms with Crippen LogP contribution in [0.15, 0.2) is 34.6 Å². The Labute approximate surface area is 178 Å². The first-order valence-corrected chi connectivity index (χ1v) is 11.0. The number of nitrogens with zero attached hydrogens (tertiary/aromatic N) is 6. The van der Waals surface area contributed by atoms with E-state index in [0.29, 0.717) is 22.3 Å². The van der Waals surface area contributed by atoms with E-state index in [9.17, 15) is 0 Å². The Morgan fingerprint density at radius 1 is 1.14 bits per heavy atom. The molecule has 1 saturated carbocycles. The molecule has 2 fully saturated rings. The molecular formula is C19H23ClN8S. The summed E-state index contributed by atoms with van der Waals surface area (Å²) in [7, 11) is 0. The molecule has 0 radical (unpaired) electrons. The normalized spacial score (nSPS) is 21.3. The van der Waals surface area contributed by atoms with Gasteiger partial charge in [-0.1, -0.05) is 29.8 Å². The van der Waals surface area contributed by atoms with E-state index in [0.717, 1.165) is 53.7 Å². The van der Waals surface area contributed by atoms with Gasteiger partial charge in [-0.05, 0) is 37.2 Å². The third-order valence-electron chi connectivity index (χ3n) is 6.36. The maximum Gasteiger partial charge on any atom is 0.212 e. The average Bonchev–Trinajstić information content (AvgIpc) is 3.34. The molecular weight excluding hydrogens is 408 g/mol. The van der Waals surface area contributed by atoms with Crippen LogP contribution in [0, 0.1) is 5.41 Å². The van der Waals surface area contributed by atoms with Crippen LogP contribution in [-0.2, 0) is 0 Å². The lowest BCUT2D eigenvalue weighted by Crippen LogP contribution is -2.47. The topological polar surface area (TPSA) is 111 Å². The van der Waals surface area contributed by atoms with Crippen LogP contribution in [-0.4, -0.2) is 43.7 Å². The summed E-state index contributed by atoms with van der Waals surface area (Å²) in [5.41, 5.74) is 13.3. The largest absolute Gasteiger partial charge is 0.384 e. The van der Waals surface area contributed by atoms with Crippen molar-refractivity contribution in [2.75, 3.05) is 23.7 Å². The quantitative estimate of drug-likeness (QED) is 0.652. The number of halogens is 1. The Morgan fingerprint density at radius 3 is 2.72 bits per heavy atom. The smallest absolute Gasteiger partial charge is 0.212 e. The van der Waals surface area contributed by atoms with E-state index < -0.39 is 0 Å². The van der Waals surface area contributed by atoms with Gasteiger partial charge in [0.2, 0.25) is 5.95 Å². The van der Waals surface area contributed by atoms with Crippen molar-refractivity contribution in [2.45, 2.75) is 47.9 Å². The predicted octanol–water partition coefficient (Wildman–Crippen LogP) is 3.00. The summed E-state index contributed by atoms with van der Waals surface area (Å²) >= 11 is 7.74. The van der Waals surface area contributed by atoms with Gasteiger partial charge < -0.3 is 16.4 Å². The molecule has 0 aromatic carbocycles. The summed E-state index contributed by atoms with van der Waals surface area (Å²) < 4.78 is 1.95. The van der Waals surface area contributed by atoms with Crippen LogP contribution < -0.4 is 16.4 Å². The molecule has 10 heteroatoms. The fourth-order valence-electron chi connectivity index (χ4n) is 4.66. The number of anilines is 2. The molecule has 1 aliphatic carbocycles. The SMILES string of the molecule is Nc1cc(Sc2cnc(N3CCC4(CCC[C@H]4N)CC3)n3cnnc23)c(Cl)cn1. The molecule has 0 bridgehead atoms. The molecule has 1 aliphatic heterocycles. The Kier molecular flexibility index (Phi) is 4.76. The van der Waals surface area contributed by atoms with Gasteiger partial charge >= 0.3 is 0 Å². The fraction of sp³-hybridized carbons (Fsp3) is 0.474. The van der Waals surface area contributed by atoms with E-state index in [1.807, 2.05) is 10.6 Å². The van der Waals surface area contributed by atoms with Gasteiger partial charge in [-0.2, -0.15) is 0 Å².